The Kier molecular flexibility index (Phi) is 5.03. The zero-order valence-corrected chi connectivity index (χ0v) is 7.26. The number of hydrogen-bond donors (Lipinski definition) is 3. The lowest BCUT2D eigenvalue weighted by Crippen LogP contribution is -2.41. The molecule has 3 N–H and O–H groups in total. The van der Waals surface area contributed by atoms with Crippen LogP contribution >= 0.6 is 0 Å². The summed E-state index contributed by atoms with van der Waals surface area (Å²) in [7, 11) is 3.15. The largest absolute Gasteiger partial charge is 0.481 e. The molecule has 5 nitrogen and oxygen atoms in total. The van der Waals surface area contributed by atoms with Crippen molar-refractivity contribution in [3.63, 3.8) is 0 Å². The summed E-state index contributed by atoms with van der Waals surface area (Å²) in [6.07, 6.45) is 0.310. The SMILES string of the molecule is CNC(=O)[C@H](CCC(=O)O)NC. The maximum atomic E-state index is 11.0. The predicted molar refractivity (Wildman–Crippen MR) is 43.8 cm³/mol. The molecule has 0 aromatic heterocycles. The molecule has 1 atom stereocenters. The molecule has 12 heavy (non-hydrogen) atoms. The Bertz CT molecular complexity index is 170. The van der Waals surface area contributed by atoms with Crippen LogP contribution in [0, 0.1) is 0 Å². The molecule has 70 valence electrons. The standard InChI is InChI=1S/C7H14N2O3/c1-8-5(7(12)9-2)3-4-6(10)11/h5,8H,3-4H2,1-2H3,(H,9,12)(H,10,11)/t5-/m0/s1. The van der Waals surface area contributed by atoms with Crippen LogP contribution < -0.4 is 10.6 Å². The summed E-state index contributed by atoms with van der Waals surface area (Å²) in [5.41, 5.74) is 0. The molecule has 0 fully saturated rings. The Labute approximate surface area is 71.1 Å². The molecule has 1 amide bonds. The van der Waals surface area contributed by atoms with Crippen LogP contribution in [0.4, 0.5) is 0 Å². The average Bonchev–Trinajstić information content (AvgIpc) is 2.04. The van der Waals surface area contributed by atoms with E-state index < -0.39 is 12.0 Å². The van der Waals surface area contributed by atoms with Crippen molar-refractivity contribution < 1.29 is 14.7 Å². The molecule has 0 unspecified atom stereocenters. The fourth-order valence-corrected chi connectivity index (χ4v) is 0.849. The first-order valence-electron chi connectivity index (χ1n) is 3.72. The number of hydrogen-bond acceptors (Lipinski definition) is 3. The topological polar surface area (TPSA) is 78.4 Å². The van der Waals surface area contributed by atoms with Crippen LogP contribution in [-0.2, 0) is 9.59 Å². The maximum absolute atomic E-state index is 11.0. The van der Waals surface area contributed by atoms with Crippen molar-refractivity contribution in [1.82, 2.24) is 10.6 Å². The van der Waals surface area contributed by atoms with Crippen LogP contribution in [0.15, 0.2) is 0 Å². The van der Waals surface area contributed by atoms with Crippen LogP contribution in [0.25, 0.3) is 0 Å². The lowest BCUT2D eigenvalue weighted by molar-refractivity contribution is -0.137. The summed E-state index contributed by atoms with van der Waals surface area (Å²) < 4.78 is 0. The van der Waals surface area contributed by atoms with Crippen LogP contribution in [0.3, 0.4) is 0 Å². The molecule has 0 heterocycles. The highest BCUT2D eigenvalue weighted by Gasteiger charge is 2.15. The van der Waals surface area contributed by atoms with E-state index >= 15 is 0 Å². The molecular weight excluding hydrogens is 160 g/mol. The van der Waals surface area contributed by atoms with Gasteiger partial charge in [-0.05, 0) is 13.5 Å². The smallest absolute Gasteiger partial charge is 0.303 e. The fraction of sp³-hybridized carbons (Fsp3) is 0.714. The summed E-state index contributed by atoms with van der Waals surface area (Å²) in [6, 6.07) is -0.411. The highest BCUT2D eigenvalue weighted by atomic mass is 16.4. The van der Waals surface area contributed by atoms with E-state index in [-0.39, 0.29) is 12.3 Å². The fourth-order valence-electron chi connectivity index (χ4n) is 0.849. The van der Waals surface area contributed by atoms with Gasteiger partial charge in [-0.1, -0.05) is 0 Å². The number of amides is 1. The van der Waals surface area contributed by atoms with Gasteiger partial charge in [-0.3, -0.25) is 9.59 Å². The zero-order valence-electron chi connectivity index (χ0n) is 7.26. The number of carbonyl (C=O) groups excluding carboxylic acids is 1. The van der Waals surface area contributed by atoms with Crippen molar-refractivity contribution in [1.29, 1.82) is 0 Å². The molecular formula is C7H14N2O3. The summed E-state index contributed by atoms with van der Waals surface area (Å²) in [4.78, 5) is 21.2. The number of carboxylic acids is 1. The van der Waals surface area contributed by atoms with E-state index in [1.165, 1.54) is 7.05 Å². The molecule has 0 spiro atoms. The lowest BCUT2D eigenvalue weighted by Gasteiger charge is -2.12. The molecule has 0 rings (SSSR count). The second-order valence-electron chi connectivity index (χ2n) is 2.39. The van der Waals surface area contributed by atoms with Crippen LogP contribution in [0.1, 0.15) is 12.8 Å². The van der Waals surface area contributed by atoms with Gasteiger partial charge < -0.3 is 15.7 Å². The molecule has 0 saturated carbocycles. The van der Waals surface area contributed by atoms with Crippen molar-refractivity contribution in [3.8, 4) is 0 Å². The van der Waals surface area contributed by atoms with Crippen molar-refractivity contribution in [2.45, 2.75) is 18.9 Å². The van der Waals surface area contributed by atoms with Gasteiger partial charge in [0.2, 0.25) is 5.91 Å². The third-order valence-corrected chi connectivity index (χ3v) is 1.56. The van der Waals surface area contributed by atoms with Gasteiger partial charge in [0.25, 0.3) is 0 Å². The van der Waals surface area contributed by atoms with Crippen molar-refractivity contribution >= 4 is 11.9 Å². The number of aliphatic carboxylic acids is 1. The first kappa shape index (κ1) is 10.9. The highest BCUT2D eigenvalue weighted by molar-refractivity contribution is 5.82. The maximum Gasteiger partial charge on any atom is 0.303 e. The minimum Gasteiger partial charge on any atom is -0.481 e. The van der Waals surface area contributed by atoms with E-state index in [0.717, 1.165) is 0 Å². The highest BCUT2D eigenvalue weighted by Crippen LogP contribution is 1.96. The van der Waals surface area contributed by atoms with E-state index in [0.29, 0.717) is 6.42 Å². The van der Waals surface area contributed by atoms with Crippen LogP contribution in [-0.4, -0.2) is 37.1 Å². The molecule has 0 bridgehead atoms. The number of rotatable bonds is 5. The van der Waals surface area contributed by atoms with Gasteiger partial charge in [0.05, 0.1) is 6.04 Å². The Balaban J connectivity index is 3.83. The van der Waals surface area contributed by atoms with Crippen molar-refractivity contribution in [2.75, 3.05) is 14.1 Å². The zero-order chi connectivity index (χ0) is 9.56. The summed E-state index contributed by atoms with van der Waals surface area (Å²) in [5.74, 6) is -1.07. The van der Waals surface area contributed by atoms with E-state index in [1.807, 2.05) is 0 Å². The number of carbonyl (C=O) groups is 2. The molecule has 0 aromatic rings. The first-order valence-corrected chi connectivity index (χ1v) is 3.72. The van der Waals surface area contributed by atoms with Gasteiger partial charge in [-0.2, -0.15) is 0 Å². The minimum absolute atomic E-state index is 0.00106. The number of likely N-dealkylation sites (N-methyl/N-ethyl adjacent to an activating group) is 2. The number of nitrogens with one attached hydrogen (secondary N) is 2. The molecule has 0 aliphatic carbocycles. The number of carboxylic acid groups (broad SMARTS) is 1. The predicted octanol–water partition coefficient (Wildman–Crippen LogP) is -0.815. The monoisotopic (exact) mass is 174 g/mol. The summed E-state index contributed by atoms with van der Waals surface area (Å²) in [6.45, 7) is 0. The second-order valence-corrected chi connectivity index (χ2v) is 2.39. The van der Waals surface area contributed by atoms with Gasteiger partial charge in [0.1, 0.15) is 0 Å². The minimum atomic E-state index is -0.890. The van der Waals surface area contributed by atoms with Crippen LogP contribution in [0.5, 0.6) is 0 Å². The average molecular weight is 174 g/mol. The molecule has 0 radical (unpaired) electrons. The normalized spacial score (nSPS) is 12.2. The molecule has 0 aromatic carbocycles. The third kappa shape index (κ3) is 3.92. The third-order valence-electron chi connectivity index (χ3n) is 1.56. The van der Waals surface area contributed by atoms with Gasteiger partial charge in [0.15, 0.2) is 0 Å². The van der Waals surface area contributed by atoms with E-state index in [4.69, 9.17) is 5.11 Å². The van der Waals surface area contributed by atoms with E-state index in [2.05, 4.69) is 10.6 Å². The van der Waals surface area contributed by atoms with Crippen LogP contribution in [0.2, 0.25) is 0 Å². The molecule has 0 saturated heterocycles. The Morgan fingerprint density at radius 3 is 2.33 bits per heavy atom. The lowest BCUT2D eigenvalue weighted by atomic mass is 10.1. The Morgan fingerprint density at radius 2 is 2.00 bits per heavy atom. The van der Waals surface area contributed by atoms with Gasteiger partial charge >= 0.3 is 5.97 Å². The Morgan fingerprint density at radius 1 is 1.42 bits per heavy atom. The quantitative estimate of drug-likeness (QED) is 0.509. The van der Waals surface area contributed by atoms with Crippen molar-refractivity contribution in [3.05, 3.63) is 0 Å². The summed E-state index contributed by atoms with van der Waals surface area (Å²) in [5, 5.41) is 13.5. The van der Waals surface area contributed by atoms with Crippen molar-refractivity contribution in [2.24, 2.45) is 0 Å². The summed E-state index contributed by atoms with van der Waals surface area (Å²) >= 11 is 0. The van der Waals surface area contributed by atoms with E-state index in [1.54, 1.807) is 7.05 Å². The Hall–Kier alpha value is -1.10. The molecule has 0 aliphatic heterocycles. The van der Waals surface area contributed by atoms with E-state index in [9.17, 15) is 9.59 Å². The first-order chi connectivity index (χ1) is 5.61. The second kappa shape index (κ2) is 5.54. The van der Waals surface area contributed by atoms with Gasteiger partial charge in [-0.25, -0.2) is 0 Å². The molecule has 5 heteroatoms. The van der Waals surface area contributed by atoms with Gasteiger partial charge in [0, 0.05) is 13.5 Å². The van der Waals surface area contributed by atoms with Gasteiger partial charge in [-0.15, -0.1) is 0 Å². The molecule has 0 aliphatic rings.